The zero-order valence-corrected chi connectivity index (χ0v) is 9.73. The Kier molecular flexibility index (Phi) is 3.62. The number of benzene rings is 1. The van der Waals surface area contributed by atoms with Crippen molar-refractivity contribution >= 4 is 12.2 Å². The summed E-state index contributed by atoms with van der Waals surface area (Å²) in [5.41, 5.74) is 1.80. The molecule has 0 spiro atoms. The molecule has 1 aromatic carbocycles. The van der Waals surface area contributed by atoms with E-state index in [1.165, 1.54) is 0 Å². The maximum Gasteiger partial charge on any atom is 0.307 e. The zero-order chi connectivity index (χ0) is 13.0. The molecule has 5 nitrogen and oxygen atoms in total. The van der Waals surface area contributed by atoms with Crippen LogP contribution in [0, 0.1) is 0 Å². The lowest BCUT2D eigenvalue weighted by molar-refractivity contribution is -0.136. The first-order valence-electron chi connectivity index (χ1n) is 5.57. The van der Waals surface area contributed by atoms with Crippen LogP contribution in [0.5, 0.6) is 0 Å². The van der Waals surface area contributed by atoms with Crippen molar-refractivity contribution < 1.29 is 9.90 Å². The monoisotopic (exact) mass is 243 g/mol. The molecular formula is C13H13N3O2. The first-order valence-corrected chi connectivity index (χ1v) is 5.57. The van der Waals surface area contributed by atoms with Crippen molar-refractivity contribution in [1.82, 2.24) is 0 Å². The number of aliphatic carboxylic acids is 1. The lowest BCUT2D eigenvalue weighted by Gasteiger charge is -2.14. The van der Waals surface area contributed by atoms with Gasteiger partial charge in [-0.3, -0.25) is 4.79 Å². The van der Waals surface area contributed by atoms with Gasteiger partial charge >= 0.3 is 5.97 Å². The number of rotatable bonds is 5. The minimum Gasteiger partial charge on any atom is -0.481 e. The molecule has 1 heterocycles. The third-order valence-electron chi connectivity index (χ3n) is 2.80. The van der Waals surface area contributed by atoms with Crippen LogP contribution in [-0.4, -0.2) is 23.3 Å². The van der Waals surface area contributed by atoms with Gasteiger partial charge in [-0.05, 0) is 16.4 Å². The minimum atomic E-state index is -0.834. The highest BCUT2D eigenvalue weighted by atomic mass is 16.4. The maximum absolute atomic E-state index is 10.6. The van der Waals surface area contributed by atoms with E-state index < -0.39 is 5.97 Å². The fraction of sp³-hybridized carbons (Fsp3) is 0.231. The van der Waals surface area contributed by atoms with E-state index >= 15 is 0 Å². The molecule has 2 rings (SSSR count). The third kappa shape index (κ3) is 2.68. The van der Waals surface area contributed by atoms with Crippen LogP contribution in [0.15, 0.2) is 52.4 Å². The summed E-state index contributed by atoms with van der Waals surface area (Å²) in [5.74, 6) is -0.821. The van der Waals surface area contributed by atoms with Gasteiger partial charge in [0.15, 0.2) is 0 Å². The van der Waals surface area contributed by atoms with Crippen LogP contribution in [0.2, 0.25) is 0 Å². The van der Waals surface area contributed by atoms with Gasteiger partial charge < -0.3 is 5.11 Å². The van der Waals surface area contributed by atoms with Crippen molar-refractivity contribution in [2.75, 3.05) is 0 Å². The van der Waals surface area contributed by atoms with E-state index in [2.05, 4.69) is 22.0 Å². The predicted molar refractivity (Wildman–Crippen MR) is 67.9 cm³/mol. The summed E-state index contributed by atoms with van der Waals surface area (Å²) >= 11 is 0. The molecule has 0 amide bonds. The van der Waals surface area contributed by atoms with E-state index in [0.717, 1.165) is 11.1 Å². The Morgan fingerprint density at radius 2 is 2.17 bits per heavy atom. The molecule has 0 aromatic heterocycles. The molecule has 2 unspecified atom stereocenters. The normalized spacial score (nSPS) is 18.8. The summed E-state index contributed by atoms with van der Waals surface area (Å²) in [7, 11) is 0. The quantitative estimate of drug-likeness (QED) is 0.806. The van der Waals surface area contributed by atoms with E-state index in [1.807, 2.05) is 24.3 Å². The lowest BCUT2D eigenvalue weighted by Crippen LogP contribution is -2.14. The summed E-state index contributed by atoms with van der Waals surface area (Å²) in [4.78, 5) is 10.6. The molecule has 1 N–H and O–H groups in total. The van der Waals surface area contributed by atoms with Gasteiger partial charge in [-0.15, -0.1) is 11.7 Å². The first kappa shape index (κ1) is 12.2. The first-order chi connectivity index (χ1) is 8.70. The molecule has 18 heavy (non-hydrogen) atoms. The molecule has 0 aliphatic carbocycles. The fourth-order valence-corrected chi connectivity index (χ4v) is 1.89. The fourth-order valence-electron chi connectivity index (χ4n) is 1.89. The van der Waals surface area contributed by atoms with Gasteiger partial charge in [0.05, 0.1) is 12.6 Å². The molecule has 0 saturated carbocycles. The number of carbonyl (C=O) groups is 1. The van der Waals surface area contributed by atoms with Crippen molar-refractivity contribution in [2.45, 2.75) is 18.4 Å². The summed E-state index contributed by atoms with van der Waals surface area (Å²) < 4.78 is 0. The standard InChI is InChI=1S/C13H13N3O2/c1-2-11(12-8-14-16-15-12)10-5-3-9(4-6-10)7-13(17)18/h2-6,8,11-12H,1,7H2,(H,17,18). The smallest absolute Gasteiger partial charge is 0.307 e. The molecule has 0 saturated heterocycles. The Balaban J connectivity index is 2.16. The van der Waals surface area contributed by atoms with Crippen molar-refractivity contribution in [3.63, 3.8) is 0 Å². The predicted octanol–water partition coefficient (Wildman–Crippen LogP) is 2.40. The Morgan fingerprint density at radius 1 is 1.44 bits per heavy atom. The zero-order valence-electron chi connectivity index (χ0n) is 9.73. The van der Waals surface area contributed by atoms with Crippen LogP contribution in [-0.2, 0) is 11.2 Å². The van der Waals surface area contributed by atoms with Crippen LogP contribution in [0.3, 0.4) is 0 Å². The largest absolute Gasteiger partial charge is 0.481 e. The van der Waals surface area contributed by atoms with Crippen LogP contribution in [0.1, 0.15) is 17.0 Å². The second-order valence-corrected chi connectivity index (χ2v) is 4.03. The number of nitrogens with zero attached hydrogens (tertiary/aromatic N) is 3. The average molecular weight is 243 g/mol. The van der Waals surface area contributed by atoms with E-state index in [9.17, 15) is 4.79 Å². The summed E-state index contributed by atoms with van der Waals surface area (Å²) in [6.45, 7) is 3.80. The second-order valence-electron chi connectivity index (χ2n) is 4.03. The molecule has 0 radical (unpaired) electrons. The van der Waals surface area contributed by atoms with Gasteiger partial charge in [0.1, 0.15) is 6.04 Å². The van der Waals surface area contributed by atoms with Crippen molar-refractivity contribution in [1.29, 1.82) is 0 Å². The van der Waals surface area contributed by atoms with Gasteiger partial charge in [-0.1, -0.05) is 30.3 Å². The number of carboxylic acids is 1. The molecule has 92 valence electrons. The summed E-state index contributed by atoms with van der Waals surface area (Å²) in [6, 6.07) is 7.29. The van der Waals surface area contributed by atoms with Gasteiger partial charge in [0.25, 0.3) is 0 Å². The Bertz CT molecular complexity index is 493. The van der Waals surface area contributed by atoms with Crippen LogP contribution < -0.4 is 0 Å². The molecule has 2 atom stereocenters. The maximum atomic E-state index is 10.6. The molecular weight excluding hydrogens is 230 g/mol. The molecule has 1 aliphatic rings. The summed E-state index contributed by atoms with van der Waals surface area (Å²) in [6.07, 6.45) is 3.51. The van der Waals surface area contributed by atoms with Crippen molar-refractivity contribution in [3.8, 4) is 0 Å². The van der Waals surface area contributed by atoms with Gasteiger partial charge in [0.2, 0.25) is 0 Å². The van der Waals surface area contributed by atoms with Crippen LogP contribution >= 0.6 is 0 Å². The minimum absolute atomic E-state index is 0.0129. The highest BCUT2D eigenvalue weighted by Gasteiger charge is 2.20. The Hall–Kier alpha value is -2.30. The number of carboxylic acid groups (broad SMARTS) is 1. The number of hydrogen-bond donors (Lipinski definition) is 1. The highest BCUT2D eigenvalue weighted by molar-refractivity contribution is 5.70. The Morgan fingerprint density at radius 3 is 2.67 bits per heavy atom. The SMILES string of the molecule is C=CC(c1ccc(CC(=O)O)cc1)C1C=NN=N1. The van der Waals surface area contributed by atoms with Crippen molar-refractivity contribution in [2.24, 2.45) is 15.4 Å². The Labute approximate surface area is 105 Å². The van der Waals surface area contributed by atoms with Crippen LogP contribution in [0.4, 0.5) is 0 Å². The molecule has 0 bridgehead atoms. The van der Waals surface area contributed by atoms with E-state index in [0.29, 0.717) is 0 Å². The highest BCUT2D eigenvalue weighted by Crippen LogP contribution is 2.25. The second kappa shape index (κ2) is 5.35. The molecule has 0 fully saturated rings. The lowest BCUT2D eigenvalue weighted by atomic mass is 9.92. The third-order valence-corrected chi connectivity index (χ3v) is 2.80. The molecule has 5 heteroatoms. The van der Waals surface area contributed by atoms with E-state index in [4.69, 9.17) is 5.11 Å². The number of hydrogen-bond acceptors (Lipinski definition) is 4. The van der Waals surface area contributed by atoms with Gasteiger partial charge in [-0.2, -0.15) is 5.11 Å². The molecule has 1 aromatic rings. The van der Waals surface area contributed by atoms with E-state index in [1.54, 1.807) is 12.3 Å². The van der Waals surface area contributed by atoms with Crippen molar-refractivity contribution in [3.05, 3.63) is 48.0 Å². The van der Waals surface area contributed by atoms with Gasteiger partial charge in [-0.25, -0.2) is 0 Å². The summed E-state index contributed by atoms with van der Waals surface area (Å²) in [5, 5.41) is 20.0. The van der Waals surface area contributed by atoms with Gasteiger partial charge in [0, 0.05) is 5.92 Å². The van der Waals surface area contributed by atoms with E-state index in [-0.39, 0.29) is 18.4 Å². The van der Waals surface area contributed by atoms with Crippen LogP contribution in [0.25, 0.3) is 0 Å². The topological polar surface area (TPSA) is 74.4 Å². The molecule has 1 aliphatic heterocycles. The average Bonchev–Trinajstić information content (AvgIpc) is 2.85.